The molecule has 0 aromatic heterocycles. The molecule has 0 unspecified atom stereocenters. The topological polar surface area (TPSA) is 0 Å². The minimum absolute atomic E-state index is 0.549. The number of rotatable bonds is 0. The van der Waals surface area contributed by atoms with Crippen molar-refractivity contribution in [2.45, 2.75) is 41.5 Å². The Bertz CT molecular complexity index is 96.3. The van der Waals surface area contributed by atoms with Crippen LogP contribution in [0, 0.1) is 11.8 Å². The average Bonchev–Trinajstić information content (AvgIpc) is 1.82. The molecule has 2 aliphatic heterocycles. The van der Waals surface area contributed by atoms with E-state index in [1.165, 1.54) is 21.2 Å². The van der Waals surface area contributed by atoms with Crippen LogP contribution in [-0.4, -0.2) is 15.8 Å². The quantitative estimate of drug-likeness (QED) is 0.523. The summed E-state index contributed by atoms with van der Waals surface area (Å²) in [5.41, 5.74) is 0. The van der Waals surface area contributed by atoms with E-state index >= 15 is 0 Å². The Morgan fingerprint density at radius 1 is 0.700 bits per heavy atom. The van der Waals surface area contributed by atoms with E-state index in [1.807, 2.05) is 0 Å². The minimum atomic E-state index is 0.549. The van der Waals surface area contributed by atoms with E-state index < -0.39 is 0 Å². The zero-order valence-corrected chi connectivity index (χ0v) is 8.44. The van der Waals surface area contributed by atoms with Gasteiger partial charge >= 0.3 is 69.1 Å². The molecule has 2 heterocycles. The molecule has 0 amide bonds. The molecule has 4 bridgehead atoms. The van der Waals surface area contributed by atoms with Crippen LogP contribution in [0.25, 0.3) is 0 Å². The molecule has 0 atom stereocenters. The Labute approximate surface area is 69.5 Å². The summed E-state index contributed by atoms with van der Waals surface area (Å²) >= 11 is 0.549. The maximum absolute atomic E-state index is 1.66. The first-order chi connectivity index (χ1) is 4.90. The predicted octanol–water partition coefficient (Wildman–Crippen LogP) is 2.22. The summed E-state index contributed by atoms with van der Waals surface area (Å²) in [5, 5.41) is 0. The maximum atomic E-state index is 1.66. The summed E-state index contributed by atoms with van der Waals surface area (Å²) in [6.45, 7) is 0. The van der Waals surface area contributed by atoms with Gasteiger partial charge in [-0.15, -0.1) is 0 Å². The summed E-state index contributed by atoms with van der Waals surface area (Å²) in [6.07, 6.45) is 8.26. The van der Waals surface area contributed by atoms with Gasteiger partial charge in [-0.3, -0.25) is 0 Å². The molecule has 2 aliphatic carbocycles. The molecule has 2 saturated carbocycles. The molecule has 10 heavy (non-hydrogen) atoms. The molecule has 4 rings (SSSR count). The third-order valence-electron chi connectivity index (χ3n) is 3.61. The molecule has 4 fully saturated rings. The summed E-state index contributed by atoms with van der Waals surface area (Å²) in [4.78, 5) is 0. The van der Waals surface area contributed by atoms with E-state index in [4.69, 9.17) is 0 Å². The monoisotopic (exact) mass is 198 g/mol. The van der Waals surface area contributed by atoms with Crippen LogP contribution in [0.1, 0.15) is 32.1 Å². The second-order valence-corrected chi connectivity index (χ2v) is 8.60. The molecule has 4 aliphatic rings. The third kappa shape index (κ3) is 0.811. The van der Waals surface area contributed by atoms with Gasteiger partial charge in [-0.05, 0) is 0 Å². The van der Waals surface area contributed by atoms with Gasteiger partial charge in [0.25, 0.3) is 0 Å². The normalized spacial score (nSPS) is 60.0. The van der Waals surface area contributed by atoms with Crippen molar-refractivity contribution in [1.82, 2.24) is 0 Å². The molecule has 0 nitrogen and oxygen atoms in total. The van der Waals surface area contributed by atoms with Crippen molar-refractivity contribution < 1.29 is 0 Å². The van der Waals surface area contributed by atoms with Crippen molar-refractivity contribution >= 4 is 15.8 Å². The van der Waals surface area contributed by atoms with Gasteiger partial charge in [0.05, 0.1) is 0 Å². The summed E-state index contributed by atoms with van der Waals surface area (Å²) < 4.78 is 2.60. The van der Waals surface area contributed by atoms with Crippen molar-refractivity contribution in [3.8, 4) is 0 Å². The van der Waals surface area contributed by atoms with Crippen molar-refractivity contribution in [3.63, 3.8) is 0 Å². The van der Waals surface area contributed by atoms with Crippen LogP contribution in [0.15, 0.2) is 0 Å². The average molecular weight is 198 g/mol. The Hall–Kier alpha value is 0.558. The molecule has 0 radical (unpaired) electrons. The molecule has 0 N–H and O–H groups in total. The summed E-state index contributed by atoms with van der Waals surface area (Å²) in [7, 11) is 0. The fraction of sp³-hybridized carbons (Fsp3) is 1.00. The van der Waals surface area contributed by atoms with E-state index in [0.717, 1.165) is 0 Å². The molecule has 0 aromatic rings. The molecular weight excluding hydrogens is 183 g/mol. The van der Waals surface area contributed by atoms with E-state index in [9.17, 15) is 0 Å². The van der Waals surface area contributed by atoms with E-state index in [2.05, 4.69) is 0 Å². The molecule has 56 valence electrons. The SMILES string of the molecule is C1C2CC3CC1CC(C2)[AsH]3. The standard InChI is InChI=1S/C9H15As/c1-6-2-8-4-7(1)5-9(3-6)10-8/h6-10H,1-5H2. The van der Waals surface area contributed by atoms with Crippen LogP contribution in [0.5, 0.6) is 0 Å². The van der Waals surface area contributed by atoms with Gasteiger partial charge in [0.15, 0.2) is 0 Å². The zero-order chi connectivity index (χ0) is 6.55. The molecule has 1 heteroatoms. The van der Waals surface area contributed by atoms with Gasteiger partial charge < -0.3 is 0 Å². The fourth-order valence-corrected chi connectivity index (χ4v) is 8.79. The zero-order valence-electron chi connectivity index (χ0n) is 6.34. The first kappa shape index (κ1) is 6.12. The first-order valence-electron chi connectivity index (χ1n) is 4.66. The van der Waals surface area contributed by atoms with Crippen LogP contribution in [0.2, 0.25) is 9.41 Å². The van der Waals surface area contributed by atoms with Crippen molar-refractivity contribution in [2.24, 2.45) is 11.8 Å². The van der Waals surface area contributed by atoms with Crippen LogP contribution < -0.4 is 0 Å². The van der Waals surface area contributed by atoms with Gasteiger partial charge in [-0.1, -0.05) is 0 Å². The summed E-state index contributed by atoms with van der Waals surface area (Å²) in [5.74, 6) is 2.42. The van der Waals surface area contributed by atoms with Crippen LogP contribution in [0.4, 0.5) is 0 Å². The van der Waals surface area contributed by atoms with Crippen molar-refractivity contribution in [2.75, 3.05) is 0 Å². The van der Waals surface area contributed by atoms with E-state index in [0.29, 0.717) is 15.8 Å². The van der Waals surface area contributed by atoms with Gasteiger partial charge in [0, 0.05) is 0 Å². The second-order valence-electron chi connectivity index (χ2n) is 4.47. The van der Waals surface area contributed by atoms with Gasteiger partial charge in [-0.2, -0.15) is 0 Å². The summed E-state index contributed by atoms with van der Waals surface area (Å²) in [6, 6.07) is 0. The number of hydrogen-bond donors (Lipinski definition) is 0. The Morgan fingerprint density at radius 3 is 1.60 bits per heavy atom. The van der Waals surface area contributed by atoms with Crippen LogP contribution in [-0.2, 0) is 0 Å². The molecule has 2 saturated heterocycles. The fourth-order valence-electron chi connectivity index (χ4n) is 3.46. The number of hydrogen-bond acceptors (Lipinski definition) is 0. The molecular formula is C9H15As. The second kappa shape index (κ2) is 2.03. The van der Waals surface area contributed by atoms with E-state index in [1.54, 1.807) is 32.1 Å². The van der Waals surface area contributed by atoms with Crippen LogP contribution in [0.3, 0.4) is 0 Å². The molecule has 0 aromatic carbocycles. The van der Waals surface area contributed by atoms with E-state index in [-0.39, 0.29) is 0 Å². The Kier molecular flexibility index (Phi) is 1.24. The van der Waals surface area contributed by atoms with Crippen molar-refractivity contribution in [1.29, 1.82) is 0 Å². The Morgan fingerprint density at radius 2 is 1.20 bits per heavy atom. The van der Waals surface area contributed by atoms with Gasteiger partial charge in [0.1, 0.15) is 0 Å². The predicted molar refractivity (Wildman–Crippen MR) is 44.7 cm³/mol. The van der Waals surface area contributed by atoms with Gasteiger partial charge in [0.2, 0.25) is 0 Å². The van der Waals surface area contributed by atoms with Crippen LogP contribution >= 0.6 is 0 Å². The van der Waals surface area contributed by atoms with Gasteiger partial charge in [-0.25, -0.2) is 0 Å². The Balaban J connectivity index is 1.90. The molecule has 0 spiro atoms. The third-order valence-corrected chi connectivity index (χ3v) is 7.57. The van der Waals surface area contributed by atoms with Crippen molar-refractivity contribution in [3.05, 3.63) is 0 Å². The first-order valence-corrected chi connectivity index (χ1v) is 7.08.